The molecule has 0 saturated heterocycles. The van der Waals surface area contributed by atoms with Crippen molar-refractivity contribution in [2.24, 2.45) is 17.0 Å². The molecule has 120 valence electrons. The number of primary sulfonamides is 1. The molecule has 1 aromatic carbocycles. The summed E-state index contributed by atoms with van der Waals surface area (Å²) in [5, 5.41) is 16.5. The highest BCUT2D eigenvalue weighted by Gasteiger charge is 2.41. The van der Waals surface area contributed by atoms with Crippen LogP contribution in [0.15, 0.2) is 23.1 Å². The van der Waals surface area contributed by atoms with Gasteiger partial charge in [-0.3, -0.25) is 9.59 Å². The van der Waals surface area contributed by atoms with E-state index in [1.807, 2.05) is 0 Å². The molecule has 0 spiro atoms. The summed E-state index contributed by atoms with van der Waals surface area (Å²) < 4.78 is 27.8. The standard InChI is InChI=1S/C13H16N2O6S/c1-21-11-5-2-7(22(14,19)20)6-10(11)15-12(16)8-3-4-9(8)13(17)18/h2,5-6,8-9H,3-4H2,1H3,(H,15,16)(H,17,18)(H2,14,19,20). The number of methoxy groups -OCH3 is 1. The topological polar surface area (TPSA) is 136 Å². The van der Waals surface area contributed by atoms with Gasteiger partial charge in [0.25, 0.3) is 0 Å². The molecule has 1 aliphatic rings. The molecule has 0 heterocycles. The van der Waals surface area contributed by atoms with Crippen molar-refractivity contribution in [1.82, 2.24) is 0 Å². The first-order valence-corrected chi connectivity index (χ1v) is 8.03. The molecule has 0 aromatic heterocycles. The number of anilines is 1. The largest absolute Gasteiger partial charge is 0.495 e. The van der Waals surface area contributed by atoms with E-state index in [-0.39, 0.29) is 16.3 Å². The molecule has 2 atom stereocenters. The molecule has 1 saturated carbocycles. The summed E-state index contributed by atoms with van der Waals surface area (Å²) in [6, 6.07) is 3.80. The Morgan fingerprint density at radius 2 is 1.95 bits per heavy atom. The fraction of sp³-hybridized carbons (Fsp3) is 0.385. The number of rotatable bonds is 5. The fourth-order valence-corrected chi connectivity index (χ4v) is 2.84. The average molecular weight is 328 g/mol. The summed E-state index contributed by atoms with van der Waals surface area (Å²) in [6.07, 6.45) is 0.918. The van der Waals surface area contributed by atoms with Gasteiger partial charge in [0.2, 0.25) is 15.9 Å². The van der Waals surface area contributed by atoms with E-state index in [0.717, 1.165) is 0 Å². The number of carboxylic acids is 1. The number of ether oxygens (including phenoxy) is 1. The predicted molar refractivity (Wildman–Crippen MR) is 76.8 cm³/mol. The van der Waals surface area contributed by atoms with E-state index < -0.39 is 33.7 Å². The molecule has 2 unspecified atom stereocenters. The number of amides is 1. The molecule has 1 fully saturated rings. The quantitative estimate of drug-likeness (QED) is 0.715. The Bertz CT molecular complexity index is 715. The fourth-order valence-electron chi connectivity index (χ4n) is 2.30. The Morgan fingerprint density at radius 1 is 1.32 bits per heavy atom. The minimum absolute atomic E-state index is 0.134. The average Bonchev–Trinajstić information content (AvgIpc) is 2.35. The highest BCUT2D eigenvalue weighted by molar-refractivity contribution is 7.89. The van der Waals surface area contributed by atoms with Crippen LogP contribution in [-0.4, -0.2) is 32.5 Å². The van der Waals surface area contributed by atoms with Gasteiger partial charge in [0, 0.05) is 0 Å². The van der Waals surface area contributed by atoms with Crippen LogP contribution in [0.25, 0.3) is 0 Å². The third-order valence-corrected chi connectivity index (χ3v) is 4.60. The van der Waals surface area contributed by atoms with Gasteiger partial charge in [-0.05, 0) is 31.0 Å². The lowest BCUT2D eigenvalue weighted by Crippen LogP contribution is -2.41. The molecule has 2 rings (SSSR count). The molecular formula is C13H16N2O6S. The van der Waals surface area contributed by atoms with Crippen molar-refractivity contribution >= 4 is 27.6 Å². The Hall–Kier alpha value is -2.13. The van der Waals surface area contributed by atoms with Crippen LogP contribution in [0.4, 0.5) is 5.69 Å². The van der Waals surface area contributed by atoms with Crippen LogP contribution in [0.1, 0.15) is 12.8 Å². The Balaban J connectivity index is 2.24. The number of carbonyl (C=O) groups is 2. The first-order chi connectivity index (χ1) is 10.2. The Morgan fingerprint density at radius 3 is 2.41 bits per heavy atom. The molecule has 22 heavy (non-hydrogen) atoms. The van der Waals surface area contributed by atoms with E-state index in [1.165, 1.54) is 25.3 Å². The van der Waals surface area contributed by atoms with E-state index in [0.29, 0.717) is 12.8 Å². The number of nitrogens with one attached hydrogen (secondary N) is 1. The Kier molecular flexibility index (Phi) is 4.38. The minimum Gasteiger partial charge on any atom is -0.495 e. The van der Waals surface area contributed by atoms with Gasteiger partial charge in [-0.25, -0.2) is 13.6 Å². The van der Waals surface area contributed by atoms with Crippen LogP contribution in [0.3, 0.4) is 0 Å². The van der Waals surface area contributed by atoms with Crippen LogP contribution < -0.4 is 15.2 Å². The zero-order valence-corrected chi connectivity index (χ0v) is 12.6. The van der Waals surface area contributed by atoms with Crippen LogP contribution in [0.5, 0.6) is 5.75 Å². The van der Waals surface area contributed by atoms with E-state index in [2.05, 4.69) is 5.32 Å². The maximum Gasteiger partial charge on any atom is 0.307 e. The number of nitrogens with two attached hydrogens (primary N) is 1. The van der Waals surface area contributed by atoms with Crippen molar-refractivity contribution in [3.8, 4) is 5.75 Å². The molecule has 0 bridgehead atoms. The maximum atomic E-state index is 12.1. The van der Waals surface area contributed by atoms with E-state index in [9.17, 15) is 18.0 Å². The van der Waals surface area contributed by atoms with E-state index in [1.54, 1.807) is 0 Å². The van der Waals surface area contributed by atoms with Gasteiger partial charge in [-0.15, -0.1) is 0 Å². The summed E-state index contributed by atoms with van der Waals surface area (Å²) in [4.78, 5) is 22.9. The number of carbonyl (C=O) groups excluding carboxylic acids is 1. The molecule has 4 N–H and O–H groups in total. The zero-order valence-electron chi connectivity index (χ0n) is 11.8. The molecule has 0 radical (unpaired) electrons. The van der Waals surface area contributed by atoms with Crippen molar-refractivity contribution in [3.05, 3.63) is 18.2 Å². The smallest absolute Gasteiger partial charge is 0.307 e. The maximum absolute atomic E-state index is 12.1. The number of sulfonamides is 1. The summed E-state index contributed by atoms with van der Waals surface area (Å²) in [7, 11) is -2.56. The van der Waals surface area contributed by atoms with Crippen molar-refractivity contribution < 1.29 is 27.9 Å². The van der Waals surface area contributed by atoms with Crippen LogP contribution in [0, 0.1) is 11.8 Å². The third kappa shape index (κ3) is 3.20. The van der Waals surface area contributed by atoms with Crippen LogP contribution in [0.2, 0.25) is 0 Å². The summed E-state index contributed by atoms with van der Waals surface area (Å²) in [5.74, 6) is -2.60. The van der Waals surface area contributed by atoms with Gasteiger partial charge < -0.3 is 15.2 Å². The van der Waals surface area contributed by atoms with Crippen LogP contribution in [-0.2, 0) is 19.6 Å². The van der Waals surface area contributed by atoms with Crippen molar-refractivity contribution in [2.45, 2.75) is 17.7 Å². The number of hydrogen-bond acceptors (Lipinski definition) is 5. The van der Waals surface area contributed by atoms with Gasteiger partial charge in [-0.2, -0.15) is 0 Å². The highest BCUT2D eigenvalue weighted by atomic mass is 32.2. The van der Waals surface area contributed by atoms with Crippen molar-refractivity contribution in [3.63, 3.8) is 0 Å². The normalized spacial score (nSPS) is 20.8. The number of benzene rings is 1. The zero-order chi connectivity index (χ0) is 16.5. The van der Waals surface area contributed by atoms with Crippen LogP contribution >= 0.6 is 0 Å². The minimum atomic E-state index is -3.92. The lowest BCUT2D eigenvalue weighted by molar-refractivity contribution is -0.151. The molecule has 1 aliphatic carbocycles. The summed E-state index contributed by atoms with van der Waals surface area (Å²) in [5.41, 5.74) is 0.134. The van der Waals surface area contributed by atoms with Gasteiger partial charge >= 0.3 is 5.97 Å². The monoisotopic (exact) mass is 328 g/mol. The van der Waals surface area contributed by atoms with Crippen molar-refractivity contribution in [1.29, 1.82) is 0 Å². The second-order valence-corrected chi connectivity index (χ2v) is 6.59. The molecule has 0 aliphatic heterocycles. The van der Waals surface area contributed by atoms with E-state index >= 15 is 0 Å². The lowest BCUT2D eigenvalue weighted by Gasteiger charge is -2.32. The van der Waals surface area contributed by atoms with Gasteiger partial charge in [-0.1, -0.05) is 0 Å². The van der Waals surface area contributed by atoms with Gasteiger partial charge in [0.15, 0.2) is 0 Å². The second kappa shape index (κ2) is 5.93. The molecular weight excluding hydrogens is 312 g/mol. The predicted octanol–water partition coefficient (Wildman–Crippen LogP) is 0.392. The third-order valence-electron chi connectivity index (χ3n) is 3.69. The van der Waals surface area contributed by atoms with Crippen molar-refractivity contribution in [2.75, 3.05) is 12.4 Å². The molecule has 1 aromatic rings. The number of carboxylic acid groups (broad SMARTS) is 1. The SMILES string of the molecule is COc1ccc(S(N)(=O)=O)cc1NC(=O)C1CCC1C(=O)O. The number of aliphatic carboxylic acids is 1. The summed E-state index contributed by atoms with van der Waals surface area (Å²) in [6.45, 7) is 0. The molecule has 1 amide bonds. The first kappa shape index (κ1) is 16.2. The molecule has 9 heteroatoms. The van der Waals surface area contributed by atoms with Gasteiger partial charge in [0.1, 0.15) is 5.75 Å². The second-order valence-electron chi connectivity index (χ2n) is 5.02. The molecule has 8 nitrogen and oxygen atoms in total. The lowest BCUT2D eigenvalue weighted by atomic mass is 9.73. The first-order valence-electron chi connectivity index (χ1n) is 6.48. The highest BCUT2D eigenvalue weighted by Crippen LogP contribution is 2.36. The summed E-state index contributed by atoms with van der Waals surface area (Å²) >= 11 is 0. The van der Waals surface area contributed by atoms with E-state index in [4.69, 9.17) is 15.0 Å². The van der Waals surface area contributed by atoms with Gasteiger partial charge in [0.05, 0.1) is 29.5 Å². The number of hydrogen-bond donors (Lipinski definition) is 3. The Labute approximate surface area is 127 Å².